The highest BCUT2D eigenvalue weighted by atomic mass is 79.9. The van der Waals surface area contributed by atoms with Crippen LogP contribution >= 0.6 is 15.9 Å². The van der Waals surface area contributed by atoms with Crippen molar-refractivity contribution in [1.82, 2.24) is 19.0 Å². The van der Waals surface area contributed by atoms with Gasteiger partial charge in [-0.25, -0.2) is 0 Å². The number of hydrogen-bond donors (Lipinski definition) is 6. The number of nitrogens with one attached hydrogen (secondary N) is 5. The number of aromatic nitrogens is 3. The fourth-order valence-electron chi connectivity index (χ4n) is 4.51. The summed E-state index contributed by atoms with van der Waals surface area (Å²) in [6.45, 7) is 0.217. The molecule has 4 rings (SSSR count). The van der Waals surface area contributed by atoms with Crippen LogP contribution in [0.15, 0.2) is 65.8 Å². The summed E-state index contributed by atoms with van der Waals surface area (Å²) in [5.41, 5.74) is 7.31. The van der Waals surface area contributed by atoms with Crippen LogP contribution in [0.4, 0.5) is 17.2 Å². The van der Waals surface area contributed by atoms with Crippen molar-refractivity contribution in [2.45, 2.75) is 11.3 Å². The third kappa shape index (κ3) is 8.19. The van der Waals surface area contributed by atoms with E-state index in [1.165, 1.54) is 16.7 Å². The standard InChI is InChI=1S/C30H34BrN9O5S/c1-38-16-19(14-23(38)28(42)34-12-10-25(32)33)36-30(44)24-15-20(17-39(24)2)35-29(43)22-8-9-26(40(22)3)37-27(41)18-4-6-21(7-5-18)46(45)13-11-31/h4-9,14-17H,10-13H2,1-3H3,(H3,32,33)(H,34,42)(H,35,43)(H,36,44)(H,37,41). The van der Waals surface area contributed by atoms with E-state index in [-0.39, 0.29) is 42.0 Å². The second-order valence-corrected chi connectivity index (χ2v) is 12.6. The third-order valence-corrected chi connectivity index (χ3v) is 9.20. The lowest BCUT2D eigenvalue weighted by Gasteiger charge is -2.10. The molecule has 1 atom stereocenters. The van der Waals surface area contributed by atoms with Gasteiger partial charge in [0.05, 0.1) is 28.0 Å². The lowest BCUT2D eigenvalue weighted by Crippen LogP contribution is -2.28. The topological polar surface area (TPSA) is 198 Å². The molecule has 3 heterocycles. The Hall–Kier alpha value is -4.96. The minimum absolute atomic E-state index is 0.0316. The van der Waals surface area contributed by atoms with Gasteiger partial charge in [-0.2, -0.15) is 0 Å². The Labute approximate surface area is 275 Å². The summed E-state index contributed by atoms with van der Waals surface area (Å²) in [7, 11) is 3.81. The maximum Gasteiger partial charge on any atom is 0.272 e. The summed E-state index contributed by atoms with van der Waals surface area (Å²) in [6.07, 6.45) is 3.41. The van der Waals surface area contributed by atoms with Gasteiger partial charge in [0.2, 0.25) is 0 Å². The van der Waals surface area contributed by atoms with Gasteiger partial charge in [-0.1, -0.05) is 15.9 Å². The molecule has 46 heavy (non-hydrogen) atoms. The SMILES string of the molecule is Cn1cc(NC(=O)c2cc(NC(=O)c3ccc(NC(=O)c4ccc(S(=O)CCBr)cc4)n3C)cn2C)cc1C(=O)NCCC(=N)N. The van der Waals surface area contributed by atoms with Gasteiger partial charge in [0.1, 0.15) is 22.9 Å². The number of benzene rings is 1. The summed E-state index contributed by atoms with van der Waals surface area (Å²) < 4.78 is 16.8. The zero-order chi connectivity index (χ0) is 33.5. The van der Waals surface area contributed by atoms with Crippen molar-refractivity contribution in [3.8, 4) is 0 Å². The second kappa shape index (κ2) is 14.9. The van der Waals surface area contributed by atoms with Gasteiger partial charge in [-0.3, -0.25) is 28.8 Å². The number of nitrogens with zero attached hydrogens (tertiary/aromatic N) is 3. The Bertz CT molecular complexity index is 1820. The van der Waals surface area contributed by atoms with E-state index >= 15 is 0 Å². The molecule has 14 nitrogen and oxygen atoms in total. The first-order valence-corrected chi connectivity index (χ1v) is 16.4. The predicted octanol–water partition coefficient (Wildman–Crippen LogP) is 3.02. The number of anilines is 3. The van der Waals surface area contributed by atoms with Crippen molar-refractivity contribution < 1.29 is 23.4 Å². The molecule has 1 aromatic carbocycles. The summed E-state index contributed by atoms with van der Waals surface area (Å²) in [6, 6.07) is 12.7. The smallest absolute Gasteiger partial charge is 0.272 e. The first-order chi connectivity index (χ1) is 21.9. The minimum Gasteiger partial charge on any atom is -0.388 e. The van der Waals surface area contributed by atoms with Crippen molar-refractivity contribution in [3.63, 3.8) is 0 Å². The maximum absolute atomic E-state index is 13.1. The van der Waals surface area contributed by atoms with Crippen molar-refractivity contribution in [3.05, 3.63) is 83.6 Å². The lowest BCUT2D eigenvalue weighted by molar-refractivity contribution is 0.0944. The van der Waals surface area contributed by atoms with E-state index in [0.717, 1.165) is 0 Å². The number of aryl methyl sites for hydroxylation is 2. The van der Waals surface area contributed by atoms with Crippen molar-refractivity contribution in [2.75, 3.05) is 33.6 Å². The third-order valence-electron chi connectivity index (χ3n) is 6.91. The normalized spacial score (nSPS) is 11.5. The maximum atomic E-state index is 13.1. The van der Waals surface area contributed by atoms with Crippen LogP contribution in [0.1, 0.15) is 48.2 Å². The largest absolute Gasteiger partial charge is 0.388 e. The average molecular weight is 713 g/mol. The number of nitrogens with two attached hydrogens (primary N) is 1. The molecule has 0 fully saturated rings. The Balaban J connectivity index is 1.37. The van der Waals surface area contributed by atoms with Gasteiger partial charge >= 0.3 is 0 Å². The Morgan fingerprint density at radius 2 is 1.37 bits per heavy atom. The Morgan fingerprint density at radius 3 is 1.93 bits per heavy atom. The molecule has 0 spiro atoms. The zero-order valence-electron chi connectivity index (χ0n) is 25.3. The molecule has 7 N–H and O–H groups in total. The molecule has 1 unspecified atom stereocenters. The van der Waals surface area contributed by atoms with Crippen LogP contribution in [0.5, 0.6) is 0 Å². The van der Waals surface area contributed by atoms with Crippen LogP contribution in [0, 0.1) is 5.41 Å². The molecular formula is C30H34BrN9O5S. The number of amidine groups is 1. The summed E-state index contributed by atoms with van der Waals surface area (Å²) in [5, 5.41) is 18.8. The number of carbonyl (C=O) groups excluding carboxylic acids is 4. The van der Waals surface area contributed by atoms with Crippen molar-refractivity contribution in [1.29, 1.82) is 5.41 Å². The van der Waals surface area contributed by atoms with E-state index in [9.17, 15) is 23.4 Å². The van der Waals surface area contributed by atoms with Crippen LogP contribution in [-0.4, -0.2) is 65.0 Å². The number of alkyl halides is 1. The number of carbonyl (C=O) groups is 4. The van der Waals surface area contributed by atoms with E-state index in [2.05, 4.69) is 37.2 Å². The van der Waals surface area contributed by atoms with E-state index in [4.69, 9.17) is 11.1 Å². The van der Waals surface area contributed by atoms with Crippen molar-refractivity contribution >= 4 is 73.4 Å². The molecule has 0 radical (unpaired) electrons. The number of hydrogen-bond acceptors (Lipinski definition) is 6. The molecule has 0 aliphatic carbocycles. The van der Waals surface area contributed by atoms with Crippen LogP contribution < -0.4 is 27.0 Å². The highest BCUT2D eigenvalue weighted by Crippen LogP contribution is 2.20. The number of halogens is 1. The highest BCUT2D eigenvalue weighted by Gasteiger charge is 2.19. The van der Waals surface area contributed by atoms with Gasteiger partial charge in [0.15, 0.2) is 0 Å². The summed E-state index contributed by atoms with van der Waals surface area (Å²) in [4.78, 5) is 52.1. The Kier molecular flexibility index (Phi) is 11.0. The first kappa shape index (κ1) is 33.9. The van der Waals surface area contributed by atoms with Crippen LogP contribution in [-0.2, 0) is 31.9 Å². The van der Waals surface area contributed by atoms with Crippen LogP contribution in [0.2, 0.25) is 0 Å². The minimum atomic E-state index is -1.15. The molecule has 4 amide bonds. The highest BCUT2D eigenvalue weighted by molar-refractivity contribution is 9.09. The lowest BCUT2D eigenvalue weighted by atomic mass is 10.2. The monoisotopic (exact) mass is 711 g/mol. The van der Waals surface area contributed by atoms with Gasteiger partial charge in [-0.05, 0) is 48.5 Å². The average Bonchev–Trinajstić information content (AvgIpc) is 3.68. The molecule has 242 valence electrons. The van der Waals surface area contributed by atoms with Crippen molar-refractivity contribution in [2.24, 2.45) is 26.9 Å². The van der Waals surface area contributed by atoms with Gasteiger partial charge < -0.3 is 40.7 Å². The fourth-order valence-corrected chi connectivity index (χ4v) is 6.21. The Morgan fingerprint density at radius 1 is 0.804 bits per heavy atom. The summed E-state index contributed by atoms with van der Waals surface area (Å²) >= 11 is 3.27. The van der Waals surface area contributed by atoms with Gasteiger partial charge in [-0.15, -0.1) is 0 Å². The molecule has 16 heteroatoms. The van der Waals surface area contributed by atoms with E-state index in [1.54, 1.807) is 79.1 Å². The zero-order valence-corrected chi connectivity index (χ0v) is 27.8. The summed E-state index contributed by atoms with van der Waals surface area (Å²) in [5.74, 6) is -0.834. The molecule has 3 aromatic heterocycles. The number of amides is 4. The second-order valence-electron chi connectivity index (χ2n) is 10.3. The molecule has 0 aliphatic heterocycles. The van der Waals surface area contributed by atoms with E-state index in [1.807, 2.05) is 0 Å². The molecule has 0 bridgehead atoms. The fraction of sp³-hybridized carbons (Fsp3) is 0.233. The van der Waals surface area contributed by atoms with E-state index in [0.29, 0.717) is 44.4 Å². The first-order valence-electron chi connectivity index (χ1n) is 14.0. The molecular weight excluding hydrogens is 678 g/mol. The van der Waals surface area contributed by atoms with Crippen LogP contribution in [0.25, 0.3) is 0 Å². The van der Waals surface area contributed by atoms with Gasteiger partial charge in [0, 0.05) is 68.0 Å². The van der Waals surface area contributed by atoms with Crippen LogP contribution in [0.3, 0.4) is 0 Å². The van der Waals surface area contributed by atoms with E-state index < -0.39 is 22.6 Å². The molecule has 0 aliphatic rings. The van der Waals surface area contributed by atoms with Gasteiger partial charge in [0.25, 0.3) is 23.6 Å². The quantitative estimate of drug-likeness (QED) is 0.0700. The number of rotatable bonds is 13. The molecule has 0 saturated heterocycles. The predicted molar refractivity (Wildman–Crippen MR) is 180 cm³/mol. The molecule has 0 saturated carbocycles. The molecule has 4 aromatic rings.